The summed E-state index contributed by atoms with van der Waals surface area (Å²) in [5, 5.41) is 0. The van der Waals surface area contributed by atoms with E-state index in [1.54, 1.807) is 12.4 Å². The number of hydrogen-bond donors (Lipinski definition) is 1. The summed E-state index contributed by atoms with van der Waals surface area (Å²) in [7, 11) is 0. The van der Waals surface area contributed by atoms with E-state index >= 15 is 0 Å². The predicted octanol–water partition coefficient (Wildman–Crippen LogP) is 2.09. The van der Waals surface area contributed by atoms with Crippen LogP contribution in [0.2, 0.25) is 0 Å². The summed E-state index contributed by atoms with van der Waals surface area (Å²) in [6.07, 6.45) is 5.53. The summed E-state index contributed by atoms with van der Waals surface area (Å²) >= 11 is 0. The molecule has 0 saturated carbocycles. The van der Waals surface area contributed by atoms with Gasteiger partial charge in [-0.15, -0.1) is 0 Å². The van der Waals surface area contributed by atoms with Gasteiger partial charge in [-0.05, 0) is 30.7 Å². The van der Waals surface area contributed by atoms with Crippen LogP contribution in [0.4, 0.5) is 0 Å². The van der Waals surface area contributed by atoms with Crippen molar-refractivity contribution in [2.24, 2.45) is 5.73 Å². The molecule has 0 aliphatic carbocycles. The third kappa shape index (κ3) is 1.67. The minimum Gasteiger partial charge on any atom is -0.319 e. The van der Waals surface area contributed by atoms with Crippen molar-refractivity contribution in [1.82, 2.24) is 14.4 Å². The second kappa shape index (κ2) is 4.23. The van der Waals surface area contributed by atoms with Crippen molar-refractivity contribution in [1.29, 1.82) is 0 Å². The molecule has 4 nitrogen and oxygen atoms in total. The lowest BCUT2D eigenvalue weighted by Gasteiger charge is -2.12. The topological polar surface area (TPSA) is 56.2 Å². The summed E-state index contributed by atoms with van der Waals surface area (Å²) in [5.41, 5.74) is 10.2. The van der Waals surface area contributed by atoms with Gasteiger partial charge in [0, 0.05) is 18.6 Å². The first kappa shape index (κ1) is 10.9. The van der Waals surface area contributed by atoms with E-state index in [1.807, 2.05) is 47.9 Å². The van der Waals surface area contributed by atoms with Crippen LogP contribution in [0.5, 0.6) is 0 Å². The number of rotatable bonds is 2. The fraction of sp³-hybridized carbons (Fsp3) is 0.143. The van der Waals surface area contributed by atoms with E-state index in [0.29, 0.717) is 0 Å². The summed E-state index contributed by atoms with van der Waals surface area (Å²) in [6.45, 7) is 1.98. The highest BCUT2D eigenvalue weighted by molar-refractivity contribution is 5.45. The van der Waals surface area contributed by atoms with Crippen molar-refractivity contribution in [3.8, 4) is 0 Å². The van der Waals surface area contributed by atoms with Gasteiger partial charge in [-0.25, -0.2) is 4.98 Å². The van der Waals surface area contributed by atoms with Crippen LogP contribution in [0.25, 0.3) is 5.65 Å². The van der Waals surface area contributed by atoms with Gasteiger partial charge in [0.25, 0.3) is 0 Å². The third-order valence-corrected chi connectivity index (χ3v) is 3.09. The Morgan fingerprint density at radius 2 is 2.11 bits per heavy atom. The third-order valence-electron chi connectivity index (χ3n) is 3.09. The van der Waals surface area contributed by atoms with Crippen LogP contribution in [0.15, 0.2) is 48.9 Å². The van der Waals surface area contributed by atoms with E-state index in [2.05, 4.69) is 9.97 Å². The Hall–Kier alpha value is -2.20. The van der Waals surface area contributed by atoms with Crippen LogP contribution in [0, 0.1) is 6.92 Å². The van der Waals surface area contributed by atoms with E-state index in [0.717, 1.165) is 22.6 Å². The van der Waals surface area contributed by atoms with Gasteiger partial charge >= 0.3 is 0 Å². The molecule has 2 N–H and O–H groups in total. The maximum Gasteiger partial charge on any atom is 0.137 e. The Balaban J connectivity index is 2.17. The highest BCUT2D eigenvalue weighted by atomic mass is 15.0. The number of aryl methyl sites for hydroxylation is 1. The molecule has 0 aliphatic heterocycles. The lowest BCUT2D eigenvalue weighted by atomic mass is 10.1. The molecule has 0 aromatic carbocycles. The molecule has 0 amide bonds. The van der Waals surface area contributed by atoms with Gasteiger partial charge in [-0.1, -0.05) is 12.1 Å². The molecule has 0 spiro atoms. The quantitative estimate of drug-likeness (QED) is 0.743. The van der Waals surface area contributed by atoms with Gasteiger partial charge in [-0.3, -0.25) is 4.98 Å². The molecule has 3 rings (SSSR count). The first-order valence-electron chi connectivity index (χ1n) is 5.86. The van der Waals surface area contributed by atoms with Crippen molar-refractivity contribution >= 4 is 5.65 Å². The highest BCUT2D eigenvalue weighted by Crippen LogP contribution is 2.23. The van der Waals surface area contributed by atoms with Crippen molar-refractivity contribution < 1.29 is 0 Å². The molecule has 0 bridgehead atoms. The first-order chi connectivity index (χ1) is 8.77. The van der Waals surface area contributed by atoms with Gasteiger partial charge in [0.2, 0.25) is 0 Å². The van der Waals surface area contributed by atoms with Gasteiger partial charge < -0.3 is 10.1 Å². The number of hydrogen-bond acceptors (Lipinski definition) is 3. The van der Waals surface area contributed by atoms with Crippen molar-refractivity contribution in [2.45, 2.75) is 13.0 Å². The molecule has 4 heteroatoms. The minimum atomic E-state index is -0.212. The zero-order valence-corrected chi connectivity index (χ0v) is 10.1. The number of pyridine rings is 2. The Bertz CT molecular complexity index is 673. The molecule has 0 saturated heterocycles. The molecule has 90 valence electrons. The number of nitrogens with zero attached hydrogens (tertiary/aromatic N) is 3. The van der Waals surface area contributed by atoms with Crippen molar-refractivity contribution in [3.63, 3.8) is 0 Å². The molecule has 18 heavy (non-hydrogen) atoms. The number of imidazole rings is 1. The Kier molecular flexibility index (Phi) is 2.57. The zero-order chi connectivity index (χ0) is 12.5. The molecule has 0 fully saturated rings. The summed E-state index contributed by atoms with van der Waals surface area (Å²) in [5.74, 6) is 0. The number of nitrogens with two attached hydrogens (primary N) is 1. The molecular weight excluding hydrogens is 224 g/mol. The average molecular weight is 238 g/mol. The normalized spacial score (nSPS) is 12.8. The molecular formula is C14H14N4. The molecule has 1 unspecified atom stereocenters. The lowest BCUT2D eigenvalue weighted by Crippen LogP contribution is -2.15. The summed E-state index contributed by atoms with van der Waals surface area (Å²) in [4.78, 5) is 8.64. The summed E-state index contributed by atoms with van der Waals surface area (Å²) in [6, 6.07) is 9.60. The van der Waals surface area contributed by atoms with E-state index in [9.17, 15) is 0 Å². The van der Waals surface area contributed by atoms with Gasteiger partial charge in [0.1, 0.15) is 5.65 Å². The Labute approximate surface area is 105 Å². The van der Waals surface area contributed by atoms with Gasteiger partial charge in [-0.2, -0.15) is 0 Å². The second-order valence-corrected chi connectivity index (χ2v) is 4.28. The van der Waals surface area contributed by atoms with E-state index in [-0.39, 0.29) is 6.04 Å². The van der Waals surface area contributed by atoms with Crippen LogP contribution < -0.4 is 5.73 Å². The average Bonchev–Trinajstić information content (AvgIpc) is 2.75. The van der Waals surface area contributed by atoms with Crippen molar-refractivity contribution in [2.75, 3.05) is 0 Å². The van der Waals surface area contributed by atoms with Crippen LogP contribution in [-0.2, 0) is 0 Å². The van der Waals surface area contributed by atoms with Crippen molar-refractivity contribution in [3.05, 3.63) is 65.9 Å². The molecule has 0 radical (unpaired) electrons. The minimum absolute atomic E-state index is 0.212. The number of fused-ring (bicyclic) bond motifs is 1. The van der Waals surface area contributed by atoms with E-state index < -0.39 is 0 Å². The monoisotopic (exact) mass is 238 g/mol. The Morgan fingerprint density at radius 3 is 2.89 bits per heavy atom. The molecule has 3 aromatic heterocycles. The van der Waals surface area contributed by atoms with Crippen LogP contribution in [0.1, 0.15) is 23.0 Å². The SMILES string of the molecule is Cc1nc2ccccn2c1C(N)c1cccnc1. The molecule has 3 aromatic rings. The zero-order valence-electron chi connectivity index (χ0n) is 10.1. The van der Waals surface area contributed by atoms with Gasteiger partial charge in [0.05, 0.1) is 17.4 Å². The second-order valence-electron chi connectivity index (χ2n) is 4.28. The fourth-order valence-corrected chi connectivity index (χ4v) is 2.23. The molecule has 0 aliphatic rings. The smallest absolute Gasteiger partial charge is 0.137 e. The molecule has 1 atom stereocenters. The molecule has 3 heterocycles. The van der Waals surface area contributed by atoms with Crippen LogP contribution in [-0.4, -0.2) is 14.4 Å². The largest absolute Gasteiger partial charge is 0.319 e. The summed E-state index contributed by atoms with van der Waals surface area (Å²) < 4.78 is 2.03. The van der Waals surface area contributed by atoms with Gasteiger partial charge in [0.15, 0.2) is 0 Å². The fourth-order valence-electron chi connectivity index (χ4n) is 2.23. The standard InChI is InChI=1S/C14H14N4/c1-10-14(13(15)11-5-4-7-16-9-11)18-8-3-2-6-12(18)17-10/h2-9,13H,15H2,1H3. The maximum atomic E-state index is 6.33. The van der Waals surface area contributed by atoms with Crippen LogP contribution in [0.3, 0.4) is 0 Å². The lowest BCUT2D eigenvalue weighted by molar-refractivity contribution is 0.800. The Morgan fingerprint density at radius 1 is 1.22 bits per heavy atom. The van der Waals surface area contributed by atoms with Crippen LogP contribution >= 0.6 is 0 Å². The van der Waals surface area contributed by atoms with E-state index in [1.165, 1.54) is 0 Å². The maximum absolute atomic E-state index is 6.33. The number of aromatic nitrogens is 3. The predicted molar refractivity (Wildman–Crippen MR) is 70.2 cm³/mol. The first-order valence-corrected chi connectivity index (χ1v) is 5.86. The highest BCUT2D eigenvalue weighted by Gasteiger charge is 2.17. The van der Waals surface area contributed by atoms with E-state index in [4.69, 9.17) is 5.73 Å².